The third-order valence-electron chi connectivity index (χ3n) is 3.35. The van der Waals surface area contributed by atoms with Crippen LogP contribution in [-0.2, 0) is 17.6 Å². The Morgan fingerprint density at radius 3 is 2.44 bits per heavy atom. The van der Waals surface area contributed by atoms with Gasteiger partial charge >= 0.3 is 6.18 Å². The molecule has 2 rings (SSSR count). The molecule has 0 bridgehead atoms. The molecule has 1 heterocycles. The predicted octanol–water partition coefficient (Wildman–Crippen LogP) is 5.28. The van der Waals surface area contributed by atoms with E-state index in [0.717, 1.165) is 16.7 Å². The molecule has 0 saturated carbocycles. The summed E-state index contributed by atoms with van der Waals surface area (Å²) >= 11 is 4.39. The summed E-state index contributed by atoms with van der Waals surface area (Å²) in [5.74, 6) is 0.104. The van der Waals surface area contributed by atoms with Gasteiger partial charge in [-0.2, -0.15) is 30.2 Å². The molecule has 0 aliphatic rings. The minimum atomic E-state index is -4.69. The molecule has 0 spiro atoms. The van der Waals surface area contributed by atoms with E-state index in [9.17, 15) is 22.8 Å². The lowest BCUT2D eigenvalue weighted by molar-refractivity contribution is -0.146. The Balaban J connectivity index is 2.62. The fourth-order valence-corrected chi connectivity index (χ4v) is 3.30. The van der Waals surface area contributed by atoms with E-state index >= 15 is 0 Å². The first-order valence-corrected chi connectivity index (χ1v) is 9.21. The zero-order valence-corrected chi connectivity index (χ0v) is 15.4. The number of nitriles is 1. The monoisotopic (exact) mass is 436 g/mol. The number of aromatic nitrogens is 1. The van der Waals surface area contributed by atoms with Gasteiger partial charge in [0.25, 0.3) is 0 Å². The van der Waals surface area contributed by atoms with E-state index < -0.39 is 17.7 Å². The molecule has 0 aliphatic carbocycles. The Morgan fingerprint density at radius 2 is 1.92 bits per heavy atom. The van der Waals surface area contributed by atoms with Crippen molar-refractivity contribution in [3.8, 4) is 17.3 Å². The molecule has 0 unspecified atom stereocenters. The molecule has 0 N–H and O–H groups in total. The van der Waals surface area contributed by atoms with Crippen molar-refractivity contribution >= 4 is 27.7 Å². The molecule has 25 heavy (non-hydrogen) atoms. The SMILES string of the molecule is CSCCOCn1c(-c2ccc(F)cc2)c(C#N)c(Br)c1C(F)(F)F. The van der Waals surface area contributed by atoms with Gasteiger partial charge < -0.3 is 9.30 Å². The predicted molar refractivity (Wildman–Crippen MR) is 91.6 cm³/mol. The molecule has 0 atom stereocenters. The highest BCUT2D eigenvalue weighted by molar-refractivity contribution is 9.10. The van der Waals surface area contributed by atoms with Crippen LogP contribution in [0.25, 0.3) is 11.3 Å². The Kier molecular flexibility index (Phi) is 6.54. The fraction of sp³-hybridized carbons (Fsp3) is 0.312. The average molecular weight is 437 g/mol. The quantitative estimate of drug-likeness (QED) is 0.456. The van der Waals surface area contributed by atoms with Crippen molar-refractivity contribution in [3.05, 3.63) is 45.8 Å². The minimum absolute atomic E-state index is 0.0332. The third kappa shape index (κ3) is 4.37. The zero-order valence-electron chi connectivity index (χ0n) is 13.0. The fourth-order valence-electron chi connectivity index (χ4n) is 2.30. The van der Waals surface area contributed by atoms with Gasteiger partial charge in [0.15, 0.2) is 0 Å². The number of hydrogen-bond donors (Lipinski definition) is 0. The van der Waals surface area contributed by atoms with E-state index in [-0.39, 0.29) is 29.1 Å². The van der Waals surface area contributed by atoms with Crippen LogP contribution >= 0.6 is 27.7 Å². The highest BCUT2D eigenvalue weighted by atomic mass is 79.9. The largest absolute Gasteiger partial charge is 0.432 e. The molecule has 0 amide bonds. The Bertz CT molecular complexity index is 781. The van der Waals surface area contributed by atoms with Crippen molar-refractivity contribution in [1.29, 1.82) is 5.26 Å². The first kappa shape index (κ1) is 19.8. The van der Waals surface area contributed by atoms with Gasteiger partial charge in [-0.05, 0) is 52.0 Å². The highest BCUT2D eigenvalue weighted by Crippen LogP contribution is 2.43. The molecule has 0 aliphatic heterocycles. The maximum Gasteiger partial charge on any atom is 0.432 e. The number of rotatable bonds is 6. The summed E-state index contributed by atoms with van der Waals surface area (Å²) in [6, 6.07) is 6.71. The lowest BCUT2D eigenvalue weighted by Gasteiger charge is -2.16. The van der Waals surface area contributed by atoms with Crippen LogP contribution in [0.4, 0.5) is 17.6 Å². The van der Waals surface area contributed by atoms with Gasteiger partial charge in [0.2, 0.25) is 0 Å². The molecule has 1 aromatic carbocycles. The summed E-state index contributed by atoms with van der Waals surface area (Å²) < 4.78 is 59.6. The van der Waals surface area contributed by atoms with Crippen LogP contribution < -0.4 is 0 Å². The zero-order chi connectivity index (χ0) is 18.6. The van der Waals surface area contributed by atoms with Crippen LogP contribution in [0.3, 0.4) is 0 Å². The van der Waals surface area contributed by atoms with E-state index in [1.165, 1.54) is 23.9 Å². The van der Waals surface area contributed by atoms with Crippen LogP contribution in [-0.4, -0.2) is 23.2 Å². The van der Waals surface area contributed by atoms with Crippen LogP contribution in [0.5, 0.6) is 0 Å². The van der Waals surface area contributed by atoms with E-state index in [0.29, 0.717) is 11.3 Å². The van der Waals surface area contributed by atoms with Gasteiger partial charge in [-0.1, -0.05) is 0 Å². The Morgan fingerprint density at radius 1 is 1.28 bits per heavy atom. The molecular weight excluding hydrogens is 424 g/mol. The third-order valence-corrected chi connectivity index (χ3v) is 4.70. The number of benzene rings is 1. The topological polar surface area (TPSA) is 38.0 Å². The van der Waals surface area contributed by atoms with Crippen LogP contribution in [0.2, 0.25) is 0 Å². The molecule has 0 fully saturated rings. The number of alkyl halides is 3. The van der Waals surface area contributed by atoms with Crippen molar-refractivity contribution < 1.29 is 22.3 Å². The summed E-state index contributed by atoms with van der Waals surface area (Å²) in [7, 11) is 0. The maximum atomic E-state index is 13.5. The number of halogens is 5. The molecule has 134 valence electrons. The molecular formula is C16H13BrF4N2OS. The number of thioether (sulfide) groups is 1. The van der Waals surface area contributed by atoms with E-state index in [4.69, 9.17) is 4.74 Å². The van der Waals surface area contributed by atoms with Crippen molar-refractivity contribution in [2.75, 3.05) is 18.6 Å². The van der Waals surface area contributed by atoms with Gasteiger partial charge in [0, 0.05) is 5.75 Å². The normalized spacial score (nSPS) is 11.6. The molecule has 2 aromatic rings. The highest BCUT2D eigenvalue weighted by Gasteiger charge is 2.40. The second-order valence-electron chi connectivity index (χ2n) is 4.96. The van der Waals surface area contributed by atoms with Gasteiger partial charge in [0.05, 0.1) is 22.3 Å². The number of nitrogens with zero attached hydrogens (tertiary/aromatic N) is 2. The van der Waals surface area contributed by atoms with Crippen molar-refractivity contribution in [2.24, 2.45) is 0 Å². The second-order valence-corrected chi connectivity index (χ2v) is 6.74. The summed E-state index contributed by atoms with van der Waals surface area (Å²) in [6.45, 7) is -0.110. The summed E-state index contributed by atoms with van der Waals surface area (Å²) in [6.07, 6.45) is -2.83. The average Bonchev–Trinajstić information content (AvgIpc) is 2.84. The lowest BCUT2D eigenvalue weighted by atomic mass is 10.1. The minimum Gasteiger partial charge on any atom is -0.360 e. The van der Waals surface area contributed by atoms with Gasteiger partial charge in [-0.3, -0.25) is 0 Å². The summed E-state index contributed by atoms with van der Waals surface area (Å²) in [5.41, 5.74) is -0.853. The van der Waals surface area contributed by atoms with Crippen molar-refractivity contribution in [2.45, 2.75) is 12.9 Å². The van der Waals surface area contributed by atoms with E-state index in [2.05, 4.69) is 15.9 Å². The van der Waals surface area contributed by atoms with Crippen LogP contribution in [0.1, 0.15) is 11.3 Å². The number of ether oxygens (including phenoxy) is 1. The maximum absolute atomic E-state index is 13.5. The van der Waals surface area contributed by atoms with Gasteiger partial charge in [-0.15, -0.1) is 0 Å². The molecule has 1 aromatic heterocycles. The smallest absolute Gasteiger partial charge is 0.360 e. The Labute approximate surface area is 154 Å². The van der Waals surface area contributed by atoms with Crippen LogP contribution in [0.15, 0.2) is 28.7 Å². The first-order chi connectivity index (χ1) is 11.8. The van der Waals surface area contributed by atoms with Crippen molar-refractivity contribution in [3.63, 3.8) is 0 Å². The van der Waals surface area contributed by atoms with Gasteiger partial charge in [0.1, 0.15) is 24.3 Å². The standard InChI is InChI=1S/C16H13BrF4N2OS/c1-25-7-6-24-9-23-14(10-2-4-11(18)5-3-10)12(8-22)13(17)15(23)16(19,20)21/h2-5H,6-7,9H2,1H3. The second kappa shape index (κ2) is 8.25. The summed E-state index contributed by atoms with van der Waals surface area (Å²) in [4.78, 5) is 0. The number of hydrogen-bond acceptors (Lipinski definition) is 3. The first-order valence-electron chi connectivity index (χ1n) is 7.03. The van der Waals surface area contributed by atoms with Crippen molar-refractivity contribution in [1.82, 2.24) is 4.57 Å². The molecule has 0 radical (unpaired) electrons. The molecule has 3 nitrogen and oxygen atoms in total. The van der Waals surface area contributed by atoms with Crippen LogP contribution in [0, 0.1) is 17.1 Å². The lowest BCUT2D eigenvalue weighted by Crippen LogP contribution is -2.17. The molecule has 0 saturated heterocycles. The van der Waals surface area contributed by atoms with E-state index in [1.54, 1.807) is 6.07 Å². The summed E-state index contributed by atoms with van der Waals surface area (Å²) in [5, 5.41) is 9.35. The van der Waals surface area contributed by atoms with Gasteiger partial charge in [-0.25, -0.2) is 4.39 Å². The van der Waals surface area contributed by atoms with E-state index in [1.807, 2.05) is 6.26 Å². The Hall–Kier alpha value is -1.50. The molecule has 9 heteroatoms.